The SMILES string of the molecule is O=c1c2ccsc2ncn1CC(O)c1cc(Cl)ccc1Cl. The fourth-order valence-electron chi connectivity index (χ4n) is 2.08. The Balaban J connectivity index is 1.96. The minimum atomic E-state index is -0.938. The zero-order valence-electron chi connectivity index (χ0n) is 10.7. The van der Waals surface area contributed by atoms with Crippen LogP contribution in [0, 0.1) is 0 Å². The quantitative estimate of drug-likeness (QED) is 0.793. The molecule has 0 amide bonds. The zero-order valence-corrected chi connectivity index (χ0v) is 13.0. The fourth-order valence-corrected chi connectivity index (χ4v) is 3.23. The number of aromatic nitrogens is 2. The molecule has 0 spiro atoms. The van der Waals surface area contributed by atoms with Gasteiger partial charge in [0.15, 0.2) is 0 Å². The van der Waals surface area contributed by atoms with Gasteiger partial charge in [-0.1, -0.05) is 23.2 Å². The standard InChI is InChI=1S/C14H10Cl2N2O2S/c15-8-1-2-11(16)10(5-8)12(19)6-18-7-17-13-9(14(18)20)3-4-21-13/h1-5,7,12,19H,6H2. The smallest absolute Gasteiger partial charge is 0.262 e. The van der Waals surface area contributed by atoms with E-state index in [4.69, 9.17) is 23.2 Å². The first-order valence-electron chi connectivity index (χ1n) is 6.12. The number of halogens is 2. The number of benzene rings is 1. The molecule has 21 heavy (non-hydrogen) atoms. The number of aliphatic hydroxyl groups excluding tert-OH is 1. The highest BCUT2D eigenvalue weighted by Gasteiger charge is 2.15. The highest BCUT2D eigenvalue weighted by Crippen LogP contribution is 2.27. The van der Waals surface area contributed by atoms with E-state index in [0.29, 0.717) is 25.8 Å². The summed E-state index contributed by atoms with van der Waals surface area (Å²) >= 11 is 13.4. The van der Waals surface area contributed by atoms with Crippen LogP contribution in [0.4, 0.5) is 0 Å². The van der Waals surface area contributed by atoms with Crippen LogP contribution >= 0.6 is 34.5 Å². The van der Waals surface area contributed by atoms with Gasteiger partial charge in [0.2, 0.25) is 0 Å². The summed E-state index contributed by atoms with van der Waals surface area (Å²) in [5, 5.41) is 13.5. The predicted octanol–water partition coefficient (Wildman–Crippen LogP) is 3.50. The molecule has 0 aliphatic carbocycles. The van der Waals surface area contributed by atoms with Gasteiger partial charge in [0.1, 0.15) is 4.83 Å². The number of thiophene rings is 1. The van der Waals surface area contributed by atoms with Crippen LogP contribution < -0.4 is 5.56 Å². The first kappa shape index (κ1) is 14.5. The number of hydrogen-bond donors (Lipinski definition) is 1. The average molecular weight is 341 g/mol. The van der Waals surface area contributed by atoms with Crippen molar-refractivity contribution in [2.45, 2.75) is 12.6 Å². The molecule has 0 saturated carbocycles. The molecule has 1 atom stereocenters. The Morgan fingerprint density at radius 1 is 1.33 bits per heavy atom. The summed E-state index contributed by atoms with van der Waals surface area (Å²) in [4.78, 5) is 17.2. The van der Waals surface area contributed by atoms with Gasteiger partial charge in [-0.05, 0) is 29.6 Å². The van der Waals surface area contributed by atoms with Gasteiger partial charge >= 0.3 is 0 Å². The highest BCUT2D eigenvalue weighted by atomic mass is 35.5. The second-order valence-corrected chi connectivity index (χ2v) is 6.26. The molecule has 0 aliphatic heterocycles. The van der Waals surface area contributed by atoms with Crippen LogP contribution in [0.25, 0.3) is 10.2 Å². The minimum absolute atomic E-state index is 0.0671. The van der Waals surface area contributed by atoms with E-state index in [1.165, 1.54) is 22.2 Å². The zero-order chi connectivity index (χ0) is 15.0. The molecular weight excluding hydrogens is 331 g/mol. The largest absolute Gasteiger partial charge is 0.386 e. The van der Waals surface area contributed by atoms with E-state index in [1.807, 2.05) is 5.38 Å². The van der Waals surface area contributed by atoms with E-state index < -0.39 is 6.10 Å². The van der Waals surface area contributed by atoms with Gasteiger partial charge in [-0.15, -0.1) is 11.3 Å². The van der Waals surface area contributed by atoms with Gasteiger partial charge in [0.25, 0.3) is 5.56 Å². The summed E-state index contributed by atoms with van der Waals surface area (Å²) in [5.74, 6) is 0. The average Bonchev–Trinajstić information content (AvgIpc) is 2.93. The van der Waals surface area contributed by atoms with Crippen LogP contribution in [-0.2, 0) is 6.54 Å². The molecule has 0 aliphatic rings. The number of rotatable bonds is 3. The number of nitrogens with zero attached hydrogens (tertiary/aromatic N) is 2. The summed E-state index contributed by atoms with van der Waals surface area (Å²) in [6.45, 7) is 0.0671. The highest BCUT2D eigenvalue weighted by molar-refractivity contribution is 7.16. The second-order valence-electron chi connectivity index (χ2n) is 4.52. The van der Waals surface area contributed by atoms with Crippen molar-refractivity contribution in [2.75, 3.05) is 0 Å². The van der Waals surface area contributed by atoms with Gasteiger partial charge in [-0.25, -0.2) is 4.98 Å². The summed E-state index contributed by atoms with van der Waals surface area (Å²) in [5.41, 5.74) is 0.305. The maximum absolute atomic E-state index is 12.3. The van der Waals surface area contributed by atoms with Gasteiger partial charge in [-0.3, -0.25) is 9.36 Å². The predicted molar refractivity (Wildman–Crippen MR) is 85.3 cm³/mol. The molecule has 1 aromatic carbocycles. The van der Waals surface area contributed by atoms with Crippen molar-refractivity contribution in [3.8, 4) is 0 Å². The van der Waals surface area contributed by atoms with Crippen LogP contribution in [0.5, 0.6) is 0 Å². The van der Waals surface area contributed by atoms with E-state index in [0.717, 1.165) is 0 Å². The van der Waals surface area contributed by atoms with Crippen LogP contribution in [-0.4, -0.2) is 14.7 Å². The summed E-state index contributed by atoms with van der Waals surface area (Å²) in [6.07, 6.45) is 0.495. The first-order valence-corrected chi connectivity index (χ1v) is 7.75. The Labute approximate surface area is 134 Å². The van der Waals surface area contributed by atoms with Gasteiger partial charge in [-0.2, -0.15) is 0 Å². The molecule has 0 radical (unpaired) electrons. The third-order valence-corrected chi connectivity index (χ3v) is 4.54. The molecular formula is C14H10Cl2N2O2S. The molecule has 1 unspecified atom stereocenters. The van der Waals surface area contributed by atoms with E-state index in [1.54, 1.807) is 24.3 Å². The Hall–Kier alpha value is -1.40. The van der Waals surface area contributed by atoms with Gasteiger partial charge < -0.3 is 5.11 Å². The van der Waals surface area contributed by atoms with Crippen molar-refractivity contribution in [3.05, 3.63) is 61.9 Å². The normalized spacial score (nSPS) is 12.7. The molecule has 4 nitrogen and oxygen atoms in total. The number of aliphatic hydroxyl groups is 1. The lowest BCUT2D eigenvalue weighted by Crippen LogP contribution is -2.23. The molecule has 0 saturated heterocycles. The Morgan fingerprint density at radius 2 is 2.14 bits per heavy atom. The summed E-state index contributed by atoms with van der Waals surface area (Å²) in [7, 11) is 0. The maximum atomic E-state index is 12.3. The monoisotopic (exact) mass is 340 g/mol. The minimum Gasteiger partial charge on any atom is -0.386 e. The lowest BCUT2D eigenvalue weighted by Gasteiger charge is -2.14. The van der Waals surface area contributed by atoms with Crippen molar-refractivity contribution >= 4 is 44.8 Å². The summed E-state index contributed by atoms with van der Waals surface area (Å²) in [6, 6.07) is 6.58. The summed E-state index contributed by atoms with van der Waals surface area (Å²) < 4.78 is 1.37. The van der Waals surface area contributed by atoms with Crippen molar-refractivity contribution in [1.29, 1.82) is 0 Å². The first-order chi connectivity index (χ1) is 10.1. The number of hydrogen-bond acceptors (Lipinski definition) is 4. The fraction of sp³-hybridized carbons (Fsp3) is 0.143. The molecule has 3 rings (SSSR count). The molecule has 0 fully saturated rings. The van der Waals surface area contributed by atoms with Crippen molar-refractivity contribution in [2.24, 2.45) is 0 Å². The van der Waals surface area contributed by atoms with E-state index in [-0.39, 0.29) is 12.1 Å². The molecule has 2 aromatic heterocycles. The molecule has 1 N–H and O–H groups in total. The van der Waals surface area contributed by atoms with Crippen LogP contribution in [0.2, 0.25) is 10.0 Å². The van der Waals surface area contributed by atoms with Gasteiger partial charge in [0.05, 0.1) is 24.4 Å². The third-order valence-electron chi connectivity index (χ3n) is 3.14. The number of fused-ring (bicyclic) bond motifs is 1. The van der Waals surface area contributed by atoms with Crippen LogP contribution in [0.1, 0.15) is 11.7 Å². The molecule has 7 heteroatoms. The van der Waals surface area contributed by atoms with Crippen LogP contribution in [0.15, 0.2) is 40.8 Å². The van der Waals surface area contributed by atoms with Crippen molar-refractivity contribution in [1.82, 2.24) is 9.55 Å². The van der Waals surface area contributed by atoms with E-state index in [2.05, 4.69) is 4.98 Å². The van der Waals surface area contributed by atoms with E-state index in [9.17, 15) is 9.90 Å². The molecule has 2 heterocycles. The lowest BCUT2D eigenvalue weighted by molar-refractivity contribution is 0.155. The van der Waals surface area contributed by atoms with Crippen molar-refractivity contribution < 1.29 is 5.11 Å². The van der Waals surface area contributed by atoms with Gasteiger partial charge in [0, 0.05) is 15.6 Å². The molecule has 3 aromatic rings. The van der Waals surface area contributed by atoms with E-state index >= 15 is 0 Å². The third kappa shape index (κ3) is 2.82. The maximum Gasteiger partial charge on any atom is 0.262 e. The Morgan fingerprint density at radius 3 is 2.95 bits per heavy atom. The Bertz CT molecular complexity index is 860. The molecule has 108 valence electrons. The lowest BCUT2D eigenvalue weighted by atomic mass is 10.1. The van der Waals surface area contributed by atoms with Crippen molar-refractivity contribution in [3.63, 3.8) is 0 Å². The topological polar surface area (TPSA) is 55.1 Å². The Kier molecular flexibility index (Phi) is 3.99. The second kappa shape index (κ2) is 5.77. The van der Waals surface area contributed by atoms with Crippen LogP contribution in [0.3, 0.4) is 0 Å². The molecule has 0 bridgehead atoms.